The third-order valence-electron chi connectivity index (χ3n) is 13.6. The molecule has 10 amide bonds. The van der Waals surface area contributed by atoms with E-state index in [0.717, 1.165) is 4.90 Å². The number of hydrogen-bond donors (Lipinski definition) is 16. The molecule has 10 atom stereocenters. The number of aliphatic hydroxyl groups excluding tert-OH is 1. The summed E-state index contributed by atoms with van der Waals surface area (Å²) in [6, 6.07) is -5.85. The van der Waals surface area contributed by atoms with Crippen LogP contribution in [0.4, 0.5) is 0 Å². The van der Waals surface area contributed by atoms with Crippen molar-refractivity contribution in [3.05, 3.63) is 35.9 Å². The summed E-state index contributed by atoms with van der Waals surface area (Å²) in [4.78, 5) is 171. The van der Waals surface area contributed by atoms with Gasteiger partial charge >= 0.3 is 11.9 Å². The lowest BCUT2D eigenvalue weighted by Crippen LogP contribution is -2.60. The van der Waals surface area contributed by atoms with Crippen LogP contribution in [-0.2, 0) is 64.0 Å². The Morgan fingerprint density at radius 2 is 1.00 bits per heavy atom. The highest BCUT2D eigenvalue weighted by molar-refractivity contribution is 5.99. The third-order valence-corrected chi connectivity index (χ3v) is 13.6. The number of benzene rings is 1. The van der Waals surface area contributed by atoms with Crippen molar-refractivity contribution in [1.29, 1.82) is 0 Å². The number of aliphatic imine (C=N–C) groups is 2. The average Bonchev–Trinajstić information content (AvgIpc) is 3.84. The van der Waals surface area contributed by atoms with Gasteiger partial charge in [0, 0.05) is 39.0 Å². The topological polar surface area (TPSA) is 537 Å². The number of likely N-dealkylation sites (tertiary alicyclic amines) is 2. The Balaban J connectivity index is 1.89. The Morgan fingerprint density at radius 1 is 0.571 bits per heavy atom. The van der Waals surface area contributed by atoms with Gasteiger partial charge in [-0.1, -0.05) is 44.2 Å². The van der Waals surface area contributed by atoms with Crippen LogP contribution in [0.2, 0.25) is 0 Å². The van der Waals surface area contributed by atoms with E-state index in [2.05, 4.69) is 47.2 Å². The van der Waals surface area contributed by atoms with E-state index < -0.39 is 151 Å². The molecule has 22 N–H and O–H groups in total. The zero-order valence-electron chi connectivity index (χ0n) is 47.5. The fourth-order valence-electron chi connectivity index (χ4n) is 9.39. The lowest BCUT2D eigenvalue weighted by Gasteiger charge is -2.31. The van der Waals surface area contributed by atoms with E-state index in [0.29, 0.717) is 12.0 Å². The number of carbonyl (C=O) groups excluding carboxylic acids is 10. The van der Waals surface area contributed by atoms with Gasteiger partial charge in [0.25, 0.3) is 0 Å². The van der Waals surface area contributed by atoms with Crippen LogP contribution in [0.15, 0.2) is 40.3 Å². The molecule has 0 bridgehead atoms. The molecule has 0 saturated carbocycles. The van der Waals surface area contributed by atoms with E-state index in [-0.39, 0.29) is 108 Å². The Morgan fingerprint density at radius 3 is 1.45 bits per heavy atom. The van der Waals surface area contributed by atoms with Crippen LogP contribution >= 0.6 is 0 Å². The van der Waals surface area contributed by atoms with Gasteiger partial charge in [0.15, 0.2) is 11.9 Å². The molecule has 3 rings (SSSR count). The predicted molar refractivity (Wildman–Crippen MR) is 301 cm³/mol. The Kier molecular flexibility index (Phi) is 28.7. The van der Waals surface area contributed by atoms with E-state index in [4.69, 9.17) is 34.4 Å². The van der Waals surface area contributed by atoms with Crippen LogP contribution < -0.4 is 71.6 Å². The number of aliphatic hydroxyl groups is 1. The second-order valence-corrected chi connectivity index (χ2v) is 20.9. The van der Waals surface area contributed by atoms with Gasteiger partial charge in [-0.05, 0) is 82.6 Å². The molecular formula is C52H83N17O15. The van der Waals surface area contributed by atoms with Gasteiger partial charge in [0.2, 0.25) is 59.1 Å². The normalized spacial score (nSPS) is 17.5. The summed E-state index contributed by atoms with van der Waals surface area (Å²) >= 11 is 0. The maximum Gasteiger partial charge on any atom is 0.326 e. The Labute approximate surface area is 485 Å². The molecule has 2 saturated heterocycles. The minimum atomic E-state index is -1.84. The molecule has 32 heteroatoms. The fourth-order valence-corrected chi connectivity index (χ4v) is 9.39. The number of primary amides is 1. The van der Waals surface area contributed by atoms with Crippen molar-refractivity contribution in [2.45, 2.75) is 165 Å². The summed E-state index contributed by atoms with van der Waals surface area (Å²) in [6.07, 6.45) is -1.28. The van der Waals surface area contributed by atoms with Gasteiger partial charge in [0.05, 0.1) is 19.1 Å². The van der Waals surface area contributed by atoms with Crippen molar-refractivity contribution >= 4 is 82.9 Å². The summed E-state index contributed by atoms with van der Waals surface area (Å²) in [6.45, 7) is 3.96. The van der Waals surface area contributed by atoms with Gasteiger partial charge in [-0.2, -0.15) is 0 Å². The first-order chi connectivity index (χ1) is 39.6. The second-order valence-electron chi connectivity index (χ2n) is 20.9. The minimum Gasteiger partial charge on any atom is -0.481 e. The van der Waals surface area contributed by atoms with E-state index >= 15 is 0 Å². The van der Waals surface area contributed by atoms with Crippen molar-refractivity contribution in [3.8, 4) is 0 Å². The average molecular weight is 1190 g/mol. The predicted octanol–water partition coefficient (Wildman–Crippen LogP) is -6.08. The summed E-state index contributed by atoms with van der Waals surface area (Å²) in [7, 11) is 0. The number of nitrogens with two attached hydrogens (primary N) is 6. The van der Waals surface area contributed by atoms with E-state index in [9.17, 15) is 72.9 Å². The number of nitrogens with one attached hydrogen (secondary N) is 7. The molecule has 0 aromatic heterocycles. The van der Waals surface area contributed by atoms with Crippen LogP contribution in [0.25, 0.3) is 0 Å². The molecular weight excluding hydrogens is 1100 g/mol. The number of rotatable bonds is 35. The highest BCUT2D eigenvalue weighted by Gasteiger charge is 2.42. The van der Waals surface area contributed by atoms with Gasteiger partial charge in [-0.3, -0.25) is 62.7 Å². The molecule has 1 aromatic carbocycles. The molecule has 0 spiro atoms. The van der Waals surface area contributed by atoms with Crippen molar-refractivity contribution in [2.24, 2.45) is 50.3 Å². The van der Waals surface area contributed by atoms with Gasteiger partial charge < -0.3 is 96.7 Å². The van der Waals surface area contributed by atoms with E-state index in [1.54, 1.807) is 44.2 Å². The smallest absolute Gasteiger partial charge is 0.326 e. The van der Waals surface area contributed by atoms with Crippen LogP contribution in [0.3, 0.4) is 0 Å². The van der Waals surface area contributed by atoms with Crippen LogP contribution in [0.5, 0.6) is 0 Å². The monoisotopic (exact) mass is 1190 g/mol. The van der Waals surface area contributed by atoms with E-state index in [1.807, 2.05) is 0 Å². The van der Waals surface area contributed by atoms with Crippen molar-refractivity contribution < 1.29 is 72.9 Å². The number of hydrogen-bond acceptors (Lipinski definition) is 16. The molecule has 2 fully saturated rings. The summed E-state index contributed by atoms with van der Waals surface area (Å²) in [5, 5.41) is 47.3. The van der Waals surface area contributed by atoms with Gasteiger partial charge in [0.1, 0.15) is 54.4 Å². The van der Waals surface area contributed by atoms with Gasteiger partial charge in [-0.25, -0.2) is 4.79 Å². The summed E-state index contributed by atoms with van der Waals surface area (Å²) in [5.74, 6) is -12.8. The standard InChI is InChI=1S/C52H83N17O15/c1-27(2)23-33(44(77)61-30(13-7-19-59-51(55)56)41(74)62-32(17-18-39(54)71)43(76)66-35(50(83)84)24-29-11-5-4-6-12-29)64-42(75)31(14-8-20-60-52(57)58)63-46(79)38-16-10-22-69(38)49(82)34(25-40(72)73)65-45(78)36(26-70)67-47(80)37-15-9-21-68(37)48(81)28(3)53/h4-6,11-12,27-28,30-38,70H,7-10,13-26,53H2,1-3H3,(H2,54,71)(H,61,77)(H,62,74)(H,63,79)(H,64,75)(H,65,78)(H,66,76)(H,67,80)(H,72,73)(H,83,84)(H4,55,56,59)(H4,57,58,60). The molecule has 0 aliphatic carbocycles. The third kappa shape index (κ3) is 23.3. The molecule has 466 valence electrons. The van der Waals surface area contributed by atoms with Crippen molar-refractivity contribution in [2.75, 3.05) is 32.8 Å². The van der Waals surface area contributed by atoms with Crippen LogP contribution in [0, 0.1) is 5.92 Å². The summed E-state index contributed by atoms with van der Waals surface area (Å²) in [5.41, 5.74) is 33.7. The molecule has 32 nitrogen and oxygen atoms in total. The van der Waals surface area contributed by atoms with Crippen molar-refractivity contribution in [1.82, 2.24) is 47.0 Å². The van der Waals surface area contributed by atoms with Gasteiger partial charge in [-0.15, -0.1) is 0 Å². The number of aliphatic carboxylic acids is 2. The van der Waals surface area contributed by atoms with Crippen molar-refractivity contribution in [3.63, 3.8) is 0 Å². The molecule has 2 aliphatic heterocycles. The number of amides is 10. The largest absolute Gasteiger partial charge is 0.481 e. The van der Waals surface area contributed by atoms with Crippen LogP contribution in [-0.4, -0.2) is 201 Å². The lowest BCUT2D eigenvalue weighted by atomic mass is 10.0. The molecule has 10 unspecified atom stereocenters. The molecule has 2 aliphatic rings. The number of carbonyl (C=O) groups is 12. The quantitative estimate of drug-likeness (QED) is 0.0171. The fraction of sp³-hybridized carbons (Fsp3) is 0.615. The lowest BCUT2D eigenvalue weighted by molar-refractivity contribution is -0.146. The minimum absolute atomic E-state index is 0.00485. The SMILES string of the molecule is CC(C)CC(NC(=O)C(CCCN=C(N)N)NC(=O)C1CCCN1C(=O)C(CC(=O)O)NC(=O)C(CO)NC(=O)C1CCCN1C(=O)C(C)N)C(=O)NC(CCCN=C(N)N)C(=O)NC(CCC(N)=O)C(=O)NC(Cc1ccccc1)C(=O)O. The maximum atomic E-state index is 14.4. The second kappa shape index (κ2) is 34.7. The zero-order chi connectivity index (χ0) is 62.8. The highest BCUT2D eigenvalue weighted by atomic mass is 16.4. The number of nitrogens with zero attached hydrogens (tertiary/aromatic N) is 4. The number of guanidine groups is 2. The molecule has 84 heavy (non-hydrogen) atoms. The first kappa shape index (κ1) is 69.6. The summed E-state index contributed by atoms with van der Waals surface area (Å²) < 4.78 is 0. The Bertz CT molecular complexity index is 2540. The number of carboxylic acid groups (broad SMARTS) is 2. The molecule has 1 aromatic rings. The first-order valence-corrected chi connectivity index (χ1v) is 27.6. The number of carboxylic acids is 2. The van der Waals surface area contributed by atoms with Crippen LogP contribution in [0.1, 0.15) is 103 Å². The van der Waals surface area contributed by atoms with E-state index in [1.165, 1.54) is 11.8 Å². The highest BCUT2D eigenvalue weighted by Crippen LogP contribution is 2.22. The molecule has 2 heterocycles. The molecule has 0 radical (unpaired) electrons. The first-order valence-electron chi connectivity index (χ1n) is 27.6. The maximum absolute atomic E-state index is 14.4. The zero-order valence-corrected chi connectivity index (χ0v) is 47.5. The Hall–Kier alpha value is -8.68.